The molecule has 0 unspecified atom stereocenters. The number of hydrogen-bond donors (Lipinski definition) is 1. The van der Waals surface area contributed by atoms with Crippen molar-refractivity contribution >= 4 is 18.0 Å². The Labute approximate surface area is 97.0 Å². The molecule has 2 rings (SSSR count). The van der Waals surface area contributed by atoms with Gasteiger partial charge >= 0.3 is 12.1 Å². The molecular weight excluding hydrogens is 224 g/mol. The second-order valence-electron chi connectivity index (χ2n) is 3.62. The van der Waals surface area contributed by atoms with Crippen LogP contribution >= 0.6 is 0 Å². The molecule has 6 nitrogen and oxygen atoms in total. The van der Waals surface area contributed by atoms with Gasteiger partial charge in [0.1, 0.15) is 6.54 Å². The van der Waals surface area contributed by atoms with Crippen molar-refractivity contribution in [2.45, 2.75) is 6.54 Å². The van der Waals surface area contributed by atoms with Crippen molar-refractivity contribution in [1.82, 2.24) is 9.80 Å². The summed E-state index contributed by atoms with van der Waals surface area (Å²) in [6.45, 7) is -0.302. The third-order valence-electron chi connectivity index (χ3n) is 2.47. The SMILES string of the molecule is O=C(O)N1CC(=O)N(Cc2ccccc2)C1=O. The third-order valence-corrected chi connectivity index (χ3v) is 2.47. The Balaban J connectivity index is 2.15. The van der Waals surface area contributed by atoms with E-state index in [1.54, 1.807) is 24.3 Å². The molecule has 0 atom stereocenters. The number of carbonyl (C=O) groups excluding carboxylic acids is 2. The Morgan fingerprint density at radius 3 is 2.41 bits per heavy atom. The van der Waals surface area contributed by atoms with Crippen LogP contribution in [0.4, 0.5) is 9.59 Å². The van der Waals surface area contributed by atoms with E-state index >= 15 is 0 Å². The minimum Gasteiger partial charge on any atom is -0.465 e. The van der Waals surface area contributed by atoms with Crippen molar-refractivity contribution in [1.29, 1.82) is 0 Å². The number of urea groups is 1. The molecule has 1 heterocycles. The van der Waals surface area contributed by atoms with Crippen molar-refractivity contribution in [2.75, 3.05) is 6.54 Å². The van der Waals surface area contributed by atoms with Crippen LogP contribution in [0.2, 0.25) is 0 Å². The molecule has 0 aromatic heterocycles. The average molecular weight is 234 g/mol. The van der Waals surface area contributed by atoms with Crippen LogP contribution in [-0.2, 0) is 11.3 Å². The van der Waals surface area contributed by atoms with E-state index in [0.29, 0.717) is 4.90 Å². The quantitative estimate of drug-likeness (QED) is 0.778. The lowest BCUT2D eigenvalue weighted by Crippen LogP contribution is -2.35. The van der Waals surface area contributed by atoms with Crippen LogP contribution in [0.1, 0.15) is 5.56 Å². The first-order valence-electron chi connectivity index (χ1n) is 4.98. The monoisotopic (exact) mass is 234 g/mol. The van der Waals surface area contributed by atoms with Crippen LogP contribution in [0.25, 0.3) is 0 Å². The van der Waals surface area contributed by atoms with E-state index < -0.39 is 24.6 Å². The second kappa shape index (κ2) is 4.25. The Kier molecular flexibility index (Phi) is 2.78. The van der Waals surface area contributed by atoms with Crippen molar-refractivity contribution in [3.63, 3.8) is 0 Å². The summed E-state index contributed by atoms with van der Waals surface area (Å²) >= 11 is 0. The van der Waals surface area contributed by atoms with Gasteiger partial charge in [-0.15, -0.1) is 0 Å². The molecule has 88 valence electrons. The van der Waals surface area contributed by atoms with E-state index in [1.165, 1.54) is 0 Å². The number of rotatable bonds is 2. The highest BCUT2D eigenvalue weighted by Crippen LogP contribution is 2.14. The molecule has 1 saturated heterocycles. The van der Waals surface area contributed by atoms with Crippen LogP contribution in [0.15, 0.2) is 30.3 Å². The number of nitrogens with zero attached hydrogens (tertiary/aromatic N) is 2. The predicted octanol–water partition coefficient (Wildman–Crippen LogP) is 1.13. The van der Waals surface area contributed by atoms with Gasteiger partial charge in [0.25, 0.3) is 5.91 Å². The zero-order valence-corrected chi connectivity index (χ0v) is 8.87. The minimum absolute atomic E-state index is 0.0995. The maximum absolute atomic E-state index is 11.6. The summed E-state index contributed by atoms with van der Waals surface area (Å²) in [5.74, 6) is -0.499. The Morgan fingerprint density at radius 1 is 1.24 bits per heavy atom. The lowest BCUT2D eigenvalue weighted by molar-refractivity contribution is -0.125. The fraction of sp³-hybridized carbons (Fsp3) is 0.182. The molecule has 1 aromatic carbocycles. The summed E-state index contributed by atoms with van der Waals surface area (Å²) in [6.07, 6.45) is -1.40. The first kappa shape index (κ1) is 11.1. The molecule has 0 saturated carbocycles. The lowest BCUT2D eigenvalue weighted by Gasteiger charge is -2.13. The smallest absolute Gasteiger partial charge is 0.416 e. The number of benzene rings is 1. The van der Waals surface area contributed by atoms with E-state index in [4.69, 9.17) is 5.11 Å². The molecule has 1 aromatic rings. The first-order valence-corrected chi connectivity index (χ1v) is 4.98. The zero-order valence-electron chi connectivity index (χ0n) is 8.87. The number of amides is 4. The Morgan fingerprint density at radius 2 is 1.88 bits per heavy atom. The van der Waals surface area contributed by atoms with Gasteiger partial charge in [0, 0.05) is 0 Å². The van der Waals surface area contributed by atoms with Crippen LogP contribution in [0.3, 0.4) is 0 Å². The number of hydrogen-bond acceptors (Lipinski definition) is 3. The average Bonchev–Trinajstić information content (AvgIpc) is 2.58. The Hall–Kier alpha value is -2.37. The summed E-state index contributed by atoms with van der Waals surface area (Å²) in [5, 5.41) is 8.71. The van der Waals surface area contributed by atoms with Gasteiger partial charge < -0.3 is 5.11 Å². The molecular formula is C11H10N2O4. The zero-order chi connectivity index (χ0) is 12.4. The maximum atomic E-state index is 11.6. The summed E-state index contributed by atoms with van der Waals surface area (Å²) in [6, 6.07) is 8.14. The van der Waals surface area contributed by atoms with Crippen molar-refractivity contribution < 1.29 is 19.5 Å². The van der Waals surface area contributed by atoms with Crippen molar-refractivity contribution in [2.24, 2.45) is 0 Å². The van der Waals surface area contributed by atoms with Gasteiger partial charge in [-0.1, -0.05) is 30.3 Å². The highest BCUT2D eigenvalue weighted by Gasteiger charge is 2.39. The summed E-state index contributed by atoms with van der Waals surface area (Å²) < 4.78 is 0. The van der Waals surface area contributed by atoms with Gasteiger partial charge in [-0.3, -0.25) is 9.69 Å². The predicted molar refractivity (Wildman–Crippen MR) is 57.1 cm³/mol. The highest BCUT2D eigenvalue weighted by molar-refractivity contribution is 6.08. The fourth-order valence-corrected chi connectivity index (χ4v) is 1.61. The largest absolute Gasteiger partial charge is 0.465 e. The molecule has 1 N–H and O–H groups in total. The van der Waals surface area contributed by atoms with E-state index in [9.17, 15) is 14.4 Å². The molecule has 6 heteroatoms. The number of carbonyl (C=O) groups is 3. The minimum atomic E-state index is -1.40. The van der Waals surface area contributed by atoms with Gasteiger partial charge in [-0.05, 0) is 5.56 Å². The summed E-state index contributed by atoms with van der Waals surface area (Å²) in [4.78, 5) is 35.2. The van der Waals surface area contributed by atoms with Crippen LogP contribution in [0.5, 0.6) is 0 Å². The van der Waals surface area contributed by atoms with Gasteiger partial charge in [0.05, 0.1) is 6.54 Å². The second-order valence-corrected chi connectivity index (χ2v) is 3.62. The molecule has 17 heavy (non-hydrogen) atoms. The summed E-state index contributed by atoms with van der Waals surface area (Å²) in [5.41, 5.74) is 0.779. The van der Waals surface area contributed by atoms with Gasteiger partial charge in [-0.25, -0.2) is 14.5 Å². The van der Waals surface area contributed by atoms with Gasteiger partial charge in [0.2, 0.25) is 0 Å². The van der Waals surface area contributed by atoms with Gasteiger partial charge in [0.15, 0.2) is 0 Å². The number of imide groups is 2. The van der Waals surface area contributed by atoms with Crippen LogP contribution in [0, 0.1) is 0 Å². The standard InChI is InChI=1S/C11H10N2O4/c14-9-7-13(11(16)17)10(15)12(9)6-8-4-2-1-3-5-8/h1-5H,6-7H2,(H,16,17). The maximum Gasteiger partial charge on any atom is 0.416 e. The lowest BCUT2D eigenvalue weighted by atomic mass is 10.2. The molecule has 1 aliphatic rings. The molecule has 0 spiro atoms. The van der Waals surface area contributed by atoms with Gasteiger partial charge in [-0.2, -0.15) is 0 Å². The first-order chi connectivity index (χ1) is 8.09. The molecule has 1 aliphatic heterocycles. The van der Waals surface area contributed by atoms with Crippen LogP contribution in [-0.4, -0.2) is 39.5 Å². The van der Waals surface area contributed by atoms with Crippen molar-refractivity contribution in [3.8, 4) is 0 Å². The highest BCUT2D eigenvalue weighted by atomic mass is 16.4. The topological polar surface area (TPSA) is 77.9 Å². The Bertz CT molecular complexity index is 472. The van der Waals surface area contributed by atoms with E-state index in [2.05, 4.69) is 0 Å². The van der Waals surface area contributed by atoms with Crippen molar-refractivity contribution in [3.05, 3.63) is 35.9 Å². The normalized spacial score (nSPS) is 15.5. The van der Waals surface area contributed by atoms with E-state index in [0.717, 1.165) is 10.5 Å². The van der Waals surface area contributed by atoms with Crippen LogP contribution < -0.4 is 0 Å². The molecule has 0 aliphatic carbocycles. The molecule has 0 bridgehead atoms. The fourth-order valence-electron chi connectivity index (χ4n) is 1.61. The third kappa shape index (κ3) is 2.10. The summed E-state index contributed by atoms with van der Waals surface area (Å²) in [7, 11) is 0. The van der Waals surface area contributed by atoms with E-state index in [-0.39, 0.29) is 6.54 Å². The number of carboxylic acid groups (broad SMARTS) is 1. The molecule has 1 fully saturated rings. The molecule has 0 radical (unpaired) electrons. The van der Waals surface area contributed by atoms with E-state index in [1.807, 2.05) is 6.07 Å². The molecule has 4 amide bonds.